The topological polar surface area (TPSA) is 47.6 Å². The smallest absolute Gasteiger partial charge is 0.232 e. The predicted octanol–water partition coefficient (Wildman–Crippen LogP) is 4.23. The van der Waals surface area contributed by atoms with Crippen LogP contribution in [-0.4, -0.2) is 19.1 Å². The van der Waals surface area contributed by atoms with Crippen LogP contribution >= 0.6 is 0 Å². The number of fused-ring (bicyclic) bond motifs is 1. The number of rotatable bonds is 5. The molecule has 4 heteroatoms. The Morgan fingerprint density at radius 2 is 1.79 bits per heavy atom. The van der Waals surface area contributed by atoms with Gasteiger partial charge in [0, 0.05) is 11.8 Å². The summed E-state index contributed by atoms with van der Waals surface area (Å²) in [6.45, 7) is 5.31. The Labute approximate surface area is 142 Å². The number of anilines is 1. The van der Waals surface area contributed by atoms with Gasteiger partial charge in [-0.15, -0.1) is 0 Å². The van der Waals surface area contributed by atoms with Crippen LogP contribution in [0.2, 0.25) is 0 Å². The SMILES string of the molecule is CCC(C)C(C(=O)Nc1ccc2c(c1)OCCO2)c1ccccc1. The van der Waals surface area contributed by atoms with Gasteiger partial charge in [0.1, 0.15) is 13.2 Å². The fraction of sp³-hybridized carbons (Fsp3) is 0.350. The zero-order valence-electron chi connectivity index (χ0n) is 14.1. The van der Waals surface area contributed by atoms with Gasteiger partial charge in [0.05, 0.1) is 5.92 Å². The van der Waals surface area contributed by atoms with E-state index in [2.05, 4.69) is 19.2 Å². The lowest BCUT2D eigenvalue weighted by atomic mass is 9.85. The number of amides is 1. The number of nitrogens with one attached hydrogen (secondary N) is 1. The molecule has 0 saturated carbocycles. The molecule has 2 aromatic rings. The first kappa shape index (κ1) is 16.4. The normalized spacial score (nSPS) is 15.4. The molecule has 0 aromatic heterocycles. The number of carbonyl (C=O) groups excluding carboxylic acids is 1. The van der Waals surface area contributed by atoms with Crippen LogP contribution in [0.3, 0.4) is 0 Å². The maximum absolute atomic E-state index is 12.9. The Bertz CT molecular complexity index is 699. The number of benzene rings is 2. The van der Waals surface area contributed by atoms with E-state index in [1.165, 1.54) is 0 Å². The van der Waals surface area contributed by atoms with Crippen LogP contribution in [0.1, 0.15) is 31.7 Å². The highest BCUT2D eigenvalue weighted by Gasteiger charge is 2.26. The molecule has 0 bridgehead atoms. The second kappa shape index (κ2) is 7.39. The fourth-order valence-corrected chi connectivity index (χ4v) is 2.98. The average Bonchev–Trinajstić information content (AvgIpc) is 2.62. The van der Waals surface area contributed by atoms with E-state index >= 15 is 0 Å². The summed E-state index contributed by atoms with van der Waals surface area (Å²) >= 11 is 0. The Kier molecular flexibility index (Phi) is 5.04. The molecule has 126 valence electrons. The van der Waals surface area contributed by atoms with Gasteiger partial charge in [-0.3, -0.25) is 4.79 Å². The largest absolute Gasteiger partial charge is 0.486 e. The minimum atomic E-state index is -0.176. The first-order chi connectivity index (χ1) is 11.7. The van der Waals surface area contributed by atoms with Crippen molar-refractivity contribution in [3.63, 3.8) is 0 Å². The number of carbonyl (C=O) groups is 1. The van der Waals surface area contributed by atoms with Crippen molar-refractivity contribution in [2.45, 2.75) is 26.2 Å². The van der Waals surface area contributed by atoms with Crippen molar-refractivity contribution in [1.29, 1.82) is 0 Å². The van der Waals surface area contributed by atoms with Crippen LogP contribution in [0.4, 0.5) is 5.69 Å². The summed E-state index contributed by atoms with van der Waals surface area (Å²) in [6.07, 6.45) is 0.939. The van der Waals surface area contributed by atoms with E-state index in [0.717, 1.165) is 23.4 Å². The number of hydrogen-bond donors (Lipinski definition) is 1. The minimum absolute atomic E-state index is 0.00669. The summed E-state index contributed by atoms with van der Waals surface area (Å²) in [5.74, 6) is 1.49. The third-order valence-corrected chi connectivity index (χ3v) is 4.46. The molecular formula is C20H23NO3. The van der Waals surface area contributed by atoms with Crippen molar-refractivity contribution in [2.24, 2.45) is 5.92 Å². The monoisotopic (exact) mass is 325 g/mol. The molecule has 0 aliphatic carbocycles. The summed E-state index contributed by atoms with van der Waals surface area (Å²) in [5.41, 5.74) is 1.77. The molecule has 4 nitrogen and oxygen atoms in total. The molecule has 0 fully saturated rings. The van der Waals surface area contributed by atoms with Crippen molar-refractivity contribution >= 4 is 11.6 Å². The van der Waals surface area contributed by atoms with E-state index in [1.807, 2.05) is 48.5 Å². The molecule has 0 radical (unpaired) electrons. The molecule has 1 aliphatic rings. The molecule has 2 unspecified atom stereocenters. The maximum atomic E-state index is 12.9. The highest BCUT2D eigenvalue weighted by atomic mass is 16.6. The lowest BCUT2D eigenvalue weighted by Crippen LogP contribution is -2.26. The van der Waals surface area contributed by atoms with Gasteiger partial charge >= 0.3 is 0 Å². The van der Waals surface area contributed by atoms with Gasteiger partial charge in [-0.25, -0.2) is 0 Å². The van der Waals surface area contributed by atoms with Crippen LogP contribution in [0, 0.1) is 5.92 Å². The molecule has 24 heavy (non-hydrogen) atoms. The lowest BCUT2D eigenvalue weighted by molar-refractivity contribution is -0.118. The molecule has 1 N–H and O–H groups in total. The van der Waals surface area contributed by atoms with E-state index in [9.17, 15) is 4.79 Å². The molecule has 1 aliphatic heterocycles. The molecule has 3 rings (SSSR count). The minimum Gasteiger partial charge on any atom is -0.486 e. The van der Waals surface area contributed by atoms with Crippen molar-refractivity contribution < 1.29 is 14.3 Å². The Hall–Kier alpha value is -2.49. The van der Waals surface area contributed by atoms with Crippen LogP contribution < -0.4 is 14.8 Å². The zero-order valence-corrected chi connectivity index (χ0v) is 14.1. The summed E-state index contributed by atoms with van der Waals surface area (Å²) in [5, 5.41) is 3.03. The quantitative estimate of drug-likeness (QED) is 0.895. The first-order valence-electron chi connectivity index (χ1n) is 8.44. The molecule has 1 amide bonds. The van der Waals surface area contributed by atoms with Gasteiger partial charge in [0.2, 0.25) is 5.91 Å². The van der Waals surface area contributed by atoms with Gasteiger partial charge in [0.15, 0.2) is 11.5 Å². The molecular weight excluding hydrogens is 302 g/mol. The summed E-state index contributed by atoms with van der Waals surface area (Å²) in [4.78, 5) is 12.9. The Morgan fingerprint density at radius 3 is 2.50 bits per heavy atom. The van der Waals surface area contributed by atoms with Crippen LogP contribution in [-0.2, 0) is 4.79 Å². The Balaban J connectivity index is 1.81. The van der Waals surface area contributed by atoms with Crippen molar-refractivity contribution in [3.8, 4) is 11.5 Å². The number of hydrogen-bond acceptors (Lipinski definition) is 3. The van der Waals surface area contributed by atoms with Gasteiger partial charge in [-0.1, -0.05) is 50.6 Å². The van der Waals surface area contributed by atoms with Crippen molar-refractivity contribution in [3.05, 3.63) is 54.1 Å². The number of ether oxygens (including phenoxy) is 2. The van der Waals surface area contributed by atoms with Crippen molar-refractivity contribution in [1.82, 2.24) is 0 Å². The second-order valence-electron chi connectivity index (χ2n) is 6.12. The zero-order chi connectivity index (χ0) is 16.9. The van der Waals surface area contributed by atoms with Gasteiger partial charge < -0.3 is 14.8 Å². The van der Waals surface area contributed by atoms with Crippen LogP contribution in [0.15, 0.2) is 48.5 Å². The summed E-state index contributed by atoms with van der Waals surface area (Å²) in [7, 11) is 0. The predicted molar refractivity (Wildman–Crippen MR) is 94.7 cm³/mol. The fourth-order valence-electron chi connectivity index (χ4n) is 2.98. The maximum Gasteiger partial charge on any atom is 0.232 e. The van der Waals surface area contributed by atoms with Crippen LogP contribution in [0.5, 0.6) is 11.5 Å². The lowest BCUT2D eigenvalue weighted by Gasteiger charge is -2.23. The summed E-state index contributed by atoms with van der Waals surface area (Å²) in [6, 6.07) is 15.5. The molecule has 0 spiro atoms. The van der Waals surface area contributed by atoms with E-state index in [4.69, 9.17) is 9.47 Å². The van der Waals surface area contributed by atoms with E-state index in [0.29, 0.717) is 19.0 Å². The molecule has 0 saturated heterocycles. The first-order valence-corrected chi connectivity index (χ1v) is 8.44. The molecule has 2 atom stereocenters. The van der Waals surface area contributed by atoms with Gasteiger partial charge in [0.25, 0.3) is 0 Å². The standard InChI is InChI=1S/C20H23NO3/c1-3-14(2)19(15-7-5-4-6-8-15)20(22)21-16-9-10-17-18(13-16)24-12-11-23-17/h4-10,13-14,19H,3,11-12H2,1-2H3,(H,21,22). The van der Waals surface area contributed by atoms with Crippen molar-refractivity contribution in [2.75, 3.05) is 18.5 Å². The highest BCUT2D eigenvalue weighted by Crippen LogP contribution is 2.34. The highest BCUT2D eigenvalue weighted by molar-refractivity contribution is 5.96. The third kappa shape index (κ3) is 3.53. The summed E-state index contributed by atoms with van der Waals surface area (Å²) < 4.78 is 11.1. The van der Waals surface area contributed by atoms with Gasteiger partial charge in [-0.2, -0.15) is 0 Å². The molecule has 1 heterocycles. The third-order valence-electron chi connectivity index (χ3n) is 4.46. The average molecular weight is 325 g/mol. The van der Waals surface area contributed by atoms with E-state index < -0.39 is 0 Å². The van der Waals surface area contributed by atoms with E-state index in [1.54, 1.807) is 0 Å². The van der Waals surface area contributed by atoms with E-state index in [-0.39, 0.29) is 17.7 Å². The second-order valence-corrected chi connectivity index (χ2v) is 6.12. The van der Waals surface area contributed by atoms with Gasteiger partial charge in [-0.05, 0) is 23.6 Å². The Morgan fingerprint density at radius 1 is 1.08 bits per heavy atom. The van der Waals surface area contributed by atoms with Crippen LogP contribution in [0.25, 0.3) is 0 Å². The molecule has 2 aromatic carbocycles.